The van der Waals surface area contributed by atoms with Crippen molar-refractivity contribution in [3.63, 3.8) is 0 Å². The standard InChI is InChI=1S/C17H13FO3S/c1-11-5-7-12(8-6-11)9-13-10-22(20,21)17-14(16(13)19)3-2-4-15(17)18/h2-9H,10H2,1H3. The highest BCUT2D eigenvalue weighted by atomic mass is 32.2. The molecule has 0 aromatic heterocycles. The van der Waals surface area contributed by atoms with Crippen LogP contribution in [0.15, 0.2) is 52.9 Å². The van der Waals surface area contributed by atoms with Crippen molar-refractivity contribution in [1.29, 1.82) is 0 Å². The quantitative estimate of drug-likeness (QED) is 0.759. The first-order chi connectivity index (χ1) is 10.4. The topological polar surface area (TPSA) is 51.2 Å². The van der Waals surface area contributed by atoms with Crippen molar-refractivity contribution >= 4 is 21.7 Å². The molecule has 22 heavy (non-hydrogen) atoms. The smallest absolute Gasteiger partial charge is 0.191 e. The van der Waals surface area contributed by atoms with Gasteiger partial charge in [0.05, 0.1) is 5.75 Å². The van der Waals surface area contributed by atoms with Crippen molar-refractivity contribution in [2.45, 2.75) is 11.8 Å². The molecular weight excluding hydrogens is 303 g/mol. The number of rotatable bonds is 1. The second kappa shape index (κ2) is 5.18. The Hall–Kier alpha value is -2.27. The lowest BCUT2D eigenvalue weighted by Crippen LogP contribution is -2.25. The molecule has 0 N–H and O–H groups in total. The fourth-order valence-electron chi connectivity index (χ4n) is 2.49. The summed E-state index contributed by atoms with van der Waals surface area (Å²) in [6, 6.07) is 11.1. The number of hydrogen-bond acceptors (Lipinski definition) is 3. The summed E-state index contributed by atoms with van der Waals surface area (Å²) in [5.41, 5.74) is 1.87. The van der Waals surface area contributed by atoms with Crippen LogP contribution in [0.4, 0.5) is 4.39 Å². The van der Waals surface area contributed by atoms with Crippen molar-refractivity contribution in [3.05, 3.63) is 70.5 Å². The Kier molecular flexibility index (Phi) is 3.45. The number of carbonyl (C=O) groups is 1. The Morgan fingerprint density at radius 1 is 1.09 bits per heavy atom. The number of ketones is 1. The van der Waals surface area contributed by atoms with E-state index in [-0.39, 0.29) is 11.1 Å². The lowest BCUT2D eigenvalue weighted by Gasteiger charge is -2.18. The zero-order valence-electron chi connectivity index (χ0n) is 11.8. The van der Waals surface area contributed by atoms with E-state index in [1.807, 2.05) is 31.2 Å². The molecule has 0 saturated heterocycles. The van der Waals surface area contributed by atoms with Crippen LogP contribution in [0.5, 0.6) is 0 Å². The zero-order chi connectivity index (χ0) is 15.9. The summed E-state index contributed by atoms with van der Waals surface area (Å²) in [5, 5.41) is 0. The monoisotopic (exact) mass is 316 g/mol. The van der Waals surface area contributed by atoms with E-state index >= 15 is 0 Å². The molecule has 0 saturated carbocycles. The Morgan fingerprint density at radius 2 is 1.77 bits per heavy atom. The van der Waals surface area contributed by atoms with Crippen LogP contribution in [0, 0.1) is 12.7 Å². The van der Waals surface area contributed by atoms with Crippen LogP contribution in [-0.2, 0) is 9.84 Å². The second-order valence-corrected chi connectivity index (χ2v) is 7.21. The fourth-order valence-corrected chi connectivity index (χ4v) is 4.12. The Balaban J connectivity index is 2.14. The van der Waals surface area contributed by atoms with Gasteiger partial charge in [-0.15, -0.1) is 0 Å². The second-order valence-electron chi connectivity index (χ2n) is 5.28. The van der Waals surface area contributed by atoms with Gasteiger partial charge in [0, 0.05) is 11.1 Å². The number of Topliss-reactive ketones (excluding diaryl/α,β-unsaturated/α-hetero) is 1. The molecule has 0 spiro atoms. The summed E-state index contributed by atoms with van der Waals surface area (Å²) < 4.78 is 38.3. The van der Waals surface area contributed by atoms with Crippen molar-refractivity contribution in [2.75, 3.05) is 5.75 Å². The largest absolute Gasteiger partial charge is 0.289 e. The summed E-state index contributed by atoms with van der Waals surface area (Å²) in [6.07, 6.45) is 1.55. The minimum Gasteiger partial charge on any atom is -0.289 e. The Labute approximate surface area is 128 Å². The predicted octanol–water partition coefficient (Wildman–Crippen LogP) is 3.19. The number of hydrogen-bond donors (Lipinski definition) is 0. The molecule has 3 rings (SSSR count). The zero-order valence-corrected chi connectivity index (χ0v) is 12.7. The maximum absolute atomic E-state index is 13.8. The molecule has 1 heterocycles. The summed E-state index contributed by atoms with van der Waals surface area (Å²) in [6.45, 7) is 1.94. The molecule has 1 aliphatic heterocycles. The first kappa shape index (κ1) is 14.7. The lowest BCUT2D eigenvalue weighted by molar-refractivity contribution is 0.103. The van der Waals surface area contributed by atoms with E-state index in [0.717, 1.165) is 17.2 Å². The molecule has 3 nitrogen and oxygen atoms in total. The minimum absolute atomic E-state index is 0.0930. The van der Waals surface area contributed by atoms with E-state index in [1.165, 1.54) is 12.1 Å². The van der Waals surface area contributed by atoms with E-state index in [9.17, 15) is 17.6 Å². The molecule has 0 fully saturated rings. The minimum atomic E-state index is -3.85. The molecule has 0 aliphatic carbocycles. The van der Waals surface area contributed by atoms with Crippen molar-refractivity contribution in [3.8, 4) is 0 Å². The van der Waals surface area contributed by atoms with Crippen LogP contribution in [0.25, 0.3) is 6.08 Å². The van der Waals surface area contributed by atoms with Crippen LogP contribution >= 0.6 is 0 Å². The summed E-state index contributed by atoms with van der Waals surface area (Å²) in [4.78, 5) is 11.9. The highest BCUT2D eigenvalue weighted by Crippen LogP contribution is 2.30. The Morgan fingerprint density at radius 3 is 2.45 bits per heavy atom. The molecule has 1 aliphatic rings. The number of benzene rings is 2. The molecule has 0 radical (unpaired) electrons. The number of carbonyl (C=O) groups excluding carboxylic acids is 1. The molecular formula is C17H13FO3S. The number of fused-ring (bicyclic) bond motifs is 1. The number of aryl methyl sites for hydroxylation is 1. The Bertz CT molecular complexity index is 894. The summed E-state index contributed by atoms with van der Waals surface area (Å²) >= 11 is 0. The van der Waals surface area contributed by atoms with Crippen LogP contribution in [0.1, 0.15) is 21.5 Å². The third-order valence-electron chi connectivity index (χ3n) is 3.58. The molecule has 112 valence electrons. The van der Waals surface area contributed by atoms with E-state index < -0.39 is 32.1 Å². The lowest BCUT2D eigenvalue weighted by atomic mass is 10.0. The van der Waals surface area contributed by atoms with Gasteiger partial charge in [-0.1, -0.05) is 35.9 Å². The maximum Gasteiger partial charge on any atom is 0.191 e. The highest BCUT2D eigenvalue weighted by molar-refractivity contribution is 7.91. The summed E-state index contributed by atoms with van der Waals surface area (Å²) in [5.74, 6) is -1.79. The molecule has 0 unspecified atom stereocenters. The first-order valence-electron chi connectivity index (χ1n) is 6.72. The molecule has 5 heteroatoms. The van der Waals surface area contributed by atoms with Crippen LogP contribution in [0.3, 0.4) is 0 Å². The van der Waals surface area contributed by atoms with Crippen molar-refractivity contribution < 1.29 is 17.6 Å². The van der Waals surface area contributed by atoms with Gasteiger partial charge in [-0.25, -0.2) is 12.8 Å². The van der Waals surface area contributed by atoms with Gasteiger partial charge in [0.2, 0.25) is 0 Å². The normalized spacial score (nSPS) is 18.3. The predicted molar refractivity (Wildman–Crippen MR) is 81.9 cm³/mol. The number of sulfone groups is 1. The van der Waals surface area contributed by atoms with Gasteiger partial charge < -0.3 is 0 Å². The molecule has 2 aromatic rings. The summed E-state index contributed by atoms with van der Waals surface area (Å²) in [7, 11) is -3.85. The maximum atomic E-state index is 13.8. The van der Waals surface area contributed by atoms with Gasteiger partial charge in [0.15, 0.2) is 15.6 Å². The third-order valence-corrected chi connectivity index (χ3v) is 5.31. The van der Waals surface area contributed by atoms with Gasteiger partial charge >= 0.3 is 0 Å². The van der Waals surface area contributed by atoms with Crippen LogP contribution < -0.4 is 0 Å². The van der Waals surface area contributed by atoms with Gasteiger partial charge in [-0.3, -0.25) is 4.79 Å². The van der Waals surface area contributed by atoms with E-state index in [1.54, 1.807) is 6.08 Å². The van der Waals surface area contributed by atoms with E-state index in [4.69, 9.17) is 0 Å². The van der Waals surface area contributed by atoms with Gasteiger partial charge in [0.1, 0.15) is 10.7 Å². The van der Waals surface area contributed by atoms with Crippen molar-refractivity contribution in [1.82, 2.24) is 0 Å². The first-order valence-corrected chi connectivity index (χ1v) is 8.37. The average molecular weight is 316 g/mol. The molecule has 0 atom stereocenters. The van der Waals surface area contributed by atoms with Gasteiger partial charge in [0.25, 0.3) is 0 Å². The van der Waals surface area contributed by atoms with E-state index in [2.05, 4.69) is 0 Å². The van der Waals surface area contributed by atoms with Gasteiger partial charge in [-0.05, 0) is 30.7 Å². The molecule has 0 amide bonds. The van der Waals surface area contributed by atoms with Crippen molar-refractivity contribution in [2.24, 2.45) is 0 Å². The van der Waals surface area contributed by atoms with Crippen LogP contribution in [-0.4, -0.2) is 20.0 Å². The highest BCUT2D eigenvalue weighted by Gasteiger charge is 2.35. The molecule has 0 bridgehead atoms. The van der Waals surface area contributed by atoms with E-state index in [0.29, 0.717) is 0 Å². The molecule has 2 aromatic carbocycles. The van der Waals surface area contributed by atoms with Crippen LogP contribution in [0.2, 0.25) is 0 Å². The third kappa shape index (κ3) is 2.48. The fraction of sp³-hybridized carbons (Fsp3) is 0.118. The SMILES string of the molecule is Cc1ccc(C=C2CS(=O)(=O)c3c(F)cccc3C2=O)cc1. The van der Waals surface area contributed by atoms with Gasteiger partial charge in [-0.2, -0.15) is 0 Å². The number of halogens is 1. The average Bonchev–Trinajstić information content (AvgIpc) is 2.46.